The molecule has 0 aromatic heterocycles. The number of primary amides is 2. The molecule has 1 unspecified atom stereocenters. The molecule has 0 aliphatic carbocycles. The van der Waals surface area contributed by atoms with Gasteiger partial charge in [-0.3, -0.25) is 4.79 Å². The van der Waals surface area contributed by atoms with Crippen molar-refractivity contribution in [2.24, 2.45) is 11.5 Å². The molecule has 0 radical (unpaired) electrons. The third kappa shape index (κ3) is 3.08. The maximum atomic E-state index is 11.8. The summed E-state index contributed by atoms with van der Waals surface area (Å²) >= 11 is 0. The maximum absolute atomic E-state index is 11.8. The maximum Gasteiger partial charge on any atom is 0.417 e. The van der Waals surface area contributed by atoms with Crippen molar-refractivity contribution in [3.63, 3.8) is 0 Å². The molecule has 70 valence electrons. The van der Waals surface area contributed by atoms with Crippen LogP contribution in [0.25, 0.3) is 0 Å². The lowest BCUT2D eigenvalue weighted by atomic mass is 10.3. The molecular weight excluding hydrogens is 179 g/mol. The van der Waals surface area contributed by atoms with Gasteiger partial charge in [0.15, 0.2) is 0 Å². The van der Waals surface area contributed by atoms with Crippen molar-refractivity contribution in [2.45, 2.75) is 12.2 Å². The summed E-state index contributed by atoms with van der Waals surface area (Å²) in [6.07, 6.45) is -4.92. The molecule has 0 aliphatic rings. The van der Waals surface area contributed by atoms with E-state index in [0.717, 1.165) is 5.32 Å². The van der Waals surface area contributed by atoms with Gasteiger partial charge in [-0.2, -0.15) is 13.2 Å². The molecular formula is C4H6F3N3O2. The molecule has 0 fully saturated rings. The minimum Gasteiger partial charge on any atom is -0.368 e. The molecule has 5 N–H and O–H groups in total. The Morgan fingerprint density at radius 2 is 1.67 bits per heavy atom. The Labute approximate surface area is 64.9 Å². The number of alkyl halides is 3. The number of amides is 3. The van der Waals surface area contributed by atoms with Gasteiger partial charge in [-0.05, 0) is 0 Å². The summed E-state index contributed by atoms with van der Waals surface area (Å²) < 4.78 is 35.3. The van der Waals surface area contributed by atoms with E-state index in [4.69, 9.17) is 0 Å². The van der Waals surface area contributed by atoms with E-state index in [-0.39, 0.29) is 0 Å². The number of hydrogen-bond acceptors (Lipinski definition) is 2. The van der Waals surface area contributed by atoms with Crippen LogP contribution in [0, 0.1) is 0 Å². The Kier molecular flexibility index (Phi) is 2.88. The van der Waals surface area contributed by atoms with E-state index in [1.807, 2.05) is 0 Å². The molecule has 12 heavy (non-hydrogen) atoms. The molecule has 5 nitrogen and oxygen atoms in total. The zero-order chi connectivity index (χ0) is 9.94. The van der Waals surface area contributed by atoms with Crippen molar-refractivity contribution in [1.82, 2.24) is 5.32 Å². The van der Waals surface area contributed by atoms with Crippen LogP contribution in [0.1, 0.15) is 0 Å². The molecule has 0 spiro atoms. The number of hydrogen-bond donors (Lipinski definition) is 3. The predicted molar refractivity (Wildman–Crippen MR) is 31.8 cm³/mol. The highest BCUT2D eigenvalue weighted by Crippen LogP contribution is 2.19. The molecule has 0 heterocycles. The van der Waals surface area contributed by atoms with E-state index in [0.29, 0.717) is 0 Å². The van der Waals surface area contributed by atoms with Crippen LogP contribution in [0.2, 0.25) is 0 Å². The van der Waals surface area contributed by atoms with E-state index in [9.17, 15) is 22.8 Å². The van der Waals surface area contributed by atoms with E-state index < -0.39 is 24.2 Å². The van der Waals surface area contributed by atoms with Crippen molar-refractivity contribution >= 4 is 11.9 Å². The third-order valence-corrected chi connectivity index (χ3v) is 0.898. The van der Waals surface area contributed by atoms with Gasteiger partial charge in [-0.1, -0.05) is 0 Å². The van der Waals surface area contributed by atoms with Crippen molar-refractivity contribution in [1.29, 1.82) is 0 Å². The fourth-order valence-electron chi connectivity index (χ4n) is 0.457. The van der Waals surface area contributed by atoms with Gasteiger partial charge in [0.05, 0.1) is 0 Å². The zero-order valence-electron chi connectivity index (χ0n) is 5.68. The third-order valence-electron chi connectivity index (χ3n) is 0.898. The van der Waals surface area contributed by atoms with E-state index in [1.54, 1.807) is 0 Å². The minimum absolute atomic E-state index is 1.16. The van der Waals surface area contributed by atoms with Gasteiger partial charge in [0.1, 0.15) is 0 Å². The number of carbonyl (C=O) groups is 2. The van der Waals surface area contributed by atoms with Crippen LogP contribution in [-0.4, -0.2) is 24.2 Å². The van der Waals surface area contributed by atoms with Crippen LogP contribution in [0.4, 0.5) is 18.0 Å². The summed E-state index contributed by atoms with van der Waals surface area (Å²) in [6.45, 7) is 0. The molecule has 0 saturated heterocycles. The van der Waals surface area contributed by atoms with Gasteiger partial charge in [0, 0.05) is 0 Å². The fraction of sp³-hybridized carbons (Fsp3) is 0.500. The van der Waals surface area contributed by atoms with E-state index in [2.05, 4.69) is 11.5 Å². The number of carbonyl (C=O) groups excluding carboxylic acids is 2. The highest BCUT2D eigenvalue weighted by molar-refractivity contribution is 5.85. The Bertz CT molecular complexity index is 202. The molecule has 0 bridgehead atoms. The summed E-state index contributed by atoms with van der Waals surface area (Å²) in [5.41, 5.74) is 8.71. The number of rotatable bonds is 2. The van der Waals surface area contributed by atoms with Gasteiger partial charge in [-0.15, -0.1) is 0 Å². The monoisotopic (exact) mass is 185 g/mol. The summed E-state index contributed by atoms with van der Waals surface area (Å²) in [5, 5.41) is 1.16. The van der Waals surface area contributed by atoms with Gasteiger partial charge in [0.25, 0.3) is 0 Å². The van der Waals surface area contributed by atoms with E-state index >= 15 is 0 Å². The SMILES string of the molecule is NC(=O)NC(C(N)=O)C(F)(F)F. The summed E-state index contributed by atoms with van der Waals surface area (Å²) in [5.74, 6) is -1.71. The second-order valence-corrected chi connectivity index (χ2v) is 1.89. The molecule has 0 saturated carbocycles. The lowest BCUT2D eigenvalue weighted by molar-refractivity contribution is -0.164. The lowest BCUT2D eigenvalue weighted by Crippen LogP contribution is -2.54. The van der Waals surface area contributed by atoms with Gasteiger partial charge in [-0.25, -0.2) is 4.79 Å². The van der Waals surface area contributed by atoms with Gasteiger partial charge < -0.3 is 16.8 Å². The van der Waals surface area contributed by atoms with Crippen LogP contribution in [0.3, 0.4) is 0 Å². The number of nitrogens with one attached hydrogen (secondary N) is 1. The second kappa shape index (κ2) is 3.28. The first kappa shape index (κ1) is 10.5. The molecule has 0 rings (SSSR count). The summed E-state index contributed by atoms with van der Waals surface area (Å²) in [4.78, 5) is 20.1. The Morgan fingerprint density at radius 1 is 1.25 bits per heavy atom. The molecule has 0 aromatic carbocycles. The van der Waals surface area contributed by atoms with Gasteiger partial charge in [0.2, 0.25) is 11.9 Å². The quantitative estimate of drug-likeness (QED) is 0.518. The van der Waals surface area contributed by atoms with Crippen molar-refractivity contribution in [3.05, 3.63) is 0 Å². The minimum atomic E-state index is -4.92. The zero-order valence-corrected chi connectivity index (χ0v) is 5.68. The first-order valence-electron chi connectivity index (χ1n) is 2.67. The average Bonchev–Trinajstić information content (AvgIpc) is 1.79. The van der Waals surface area contributed by atoms with Crippen LogP contribution in [-0.2, 0) is 4.79 Å². The van der Waals surface area contributed by atoms with Crippen molar-refractivity contribution in [3.8, 4) is 0 Å². The number of halogens is 3. The molecule has 1 atom stereocenters. The number of nitrogens with two attached hydrogens (primary N) is 2. The van der Waals surface area contributed by atoms with E-state index in [1.165, 1.54) is 0 Å². The highest BCUT2D eigenvalue weighted by Gasteiger charge is 2.44. The average molecular weight is 185 g/mol. The van der Waals surface area contributed by atoms with Crippen LogP contribution < -0.4 is 16.8 Å². The summed E-state index contributed by atoms with van der Waals surface area (Å²) in [7, 11) is 0. The Morgan fingerprint density at radius 3 is 1.75 bits per heavy atom. The van der Waals surface area contributed by atoms with Crippen molar-refractivity contribution in [2.75, 3.05) is 0 Å². The van der Waals surface area contributed by atoms with Crippen LogP contribution in [0.15, 0.2) is 0 Å². The topological polar surface area (TPSA) is 98.2 Å². The highest BCUT2D eigenvalue weighted by atomic mass is 19.4. The first-order chi connectivity index (χ1) is 5.25. The summed E-state index contributed by atoms with van der Waals surface area (Å²) in [6, 6.07) is -4.19. The predicted octanol–water partition coefficient (Wildman–Crippen LogP) is -0.929. The van der Waals surface area contributed by atoms with Crippen LogP contribution in [0.5, 0.6) is 0 Å². The molecule has 0 aliphatic heterocycles. The fourth-order valence-corrected chi connectivity index (χ4v) is 0.457. The Hall–Kier alpha value is -1.47. The first-order valence-corrected chi connectivity index (χ1v) is 2.67. The van der Waals surface area contributed by atoms with Gasteiger partial charge >= 0.3 is 12.2 Å². The molecule has 0 aromatic rings. The lowest BCUT2D eigenvalue weighted by Gasteiger charge is -2.16. The largest absolute Gasteiger partial charge is 0.417 e. The smallest absolute Gasteiger partial charge is 0.368 e. The van der Waals surface area contributed by atoms with Crippen molar-refractivity contribution < 1.29 is 22.8 Å². The molecule has 8 heteroatoms. The molecule has 3 amide bonds. The second-order valence-electron chi connectivity index (χ2n) is 1.89. The number of urea groups is 1. The van der Waals surface area contributed by atoms with Crippen LogP contribution >= 0.6 is 0 Å². The standard InChI is InChI=1S/C4H6F3N3O2/c5-4(6,7)1(2(8)11)10-3(9)12/h1H,(H2,8,11)(H3,9,10,12). The normalized spacial score (nSPS) is 13.6. The Balaban J connectivity index is 4.46.